The molecule has 0 aromatic heterocycles. The van der Waals surface area contributed by atoms with E-state index in [1.807, 2.05) is 0 Å². The molecule has 0 amide bonds. The van der Waals surface area contributed by atoms with E-state index in [0.717, 1.165) is 37.1 Å². The fourth-order valence-electron chi connectivity index (χ4n) is 3.88. The Labute approximate surface area is 141 Å². The van der Waals surface area contributed by atoms with Crippen LogP contribution in [0.1, 0.15) is 63.9 Å². The van der Waals surface area contributed by atoms with E-state index in [9.17, 15) is 0 Å². The van der Waals surface area contributed by atoms with Gasteiger partial charge in [-0.25, -0.2) is 0 Å². The van der Waals surface area contributed by atoms with E-state index >= 15 is 0 Å². The predicted octanol–water partition coefficient (Wildman–Crippen LogP) is 4.51. The minimum atomic E-state index is 0.585. The number of ether oxygens (including phenoxy) is 1. The summed E-state index contributed by atoms with van der Waals surface area (Å²) in [6, 6.07) is 7.94. The Hall–Kier alpha value is -1.22. The van der Waals surface area contributed by atoms with Gasteiger partial charge in [-0.2, -0.15) is 0 Å². The number of hydrogen-bond acceptors (Lipinski definition) is 3. The summed E-state index contributed by atoms with van der Waals surface area (Å²) < 4.78 is 5.68. The Morgan fingerprint density at radius 1 is 1.17 bits per heavy atom. The van der Waals surface area contributed by atoms with Gasteiger partial charge in [0.25, 0.3) is 0 Å². The van der Waals surface area contributed by atoms with E-state index < -0.39 is 0 Å². The van der Waals surface area contributed by atoms with Gasteiger partial charge in [0.05, 0.1) is 5.69 Å². The van der Waals surface area contributed by atoms with Crippen LogP contribution in [-0.2, 0) is 6.42 Å². The summed E-state index contributed by atoms with van der Waals surface area (Å²) in [5.41, 5.74) is 2.57. The van der Waals surface area contributed by atoms with Gasteiger partial charge in [-0.15, -0.1) is 0 Å². The van der Waals surface area contributed by atoms with Crippen molar-refractivity contribution in [3.8, 4) is 5.75 Å². The van der Waals surface area contributed by atoms with Crippen LogP contribution in [-0.4, -0.2) is 25.2 Å². The summed E-state index contributed by atoms with van der Waals surface area (Å²) in [6.07, 6.45) is 12.1. The van der Waals surface area contributed by atoms with Crippen LogP contribution >= 0.6 is 0 Å². The Balaban J connectivity index is 1.57. The molecule has 2 aliphatic rings. The zero-order valence-electron chi connectivity index (χ0n) is 14.6. The van der Waals surface area contributed by atoms with Crippen LogP contribution in [0.5, 0.6) is 5.75 Å². The summed E-state index contributed by atoms with van der Waals surface area (Å²) >= 11 is 0. The third-order valence-electron chi connectivity index (χ3n) is 5.27. The Kier molecular flexibility index (Phi) is 6.21. The maximum atomic E-state index is 5.68. The van der Waals surface area contributed by atoms with Crippen molar-refractivity contribution < 1.29 is 4.74 Å². The van der Waals surface area contributed by atoms with Gasteiger partial charge in [0.15, 0.2) is 0 Å². The summed E-state index contributed by atoms with van der Waals surface area (Å²) in [7, 11) is 0. The van der Waals surface area contributed by atoms with Crippen LogP contribution in [0.15, 0.2) is 18.2 Å². The van der Waals surface area contributed by atoms with Crippen molar-refractivity contribution in [3.05, 3.63) is 23.8 Å². The average molecular weight is 316 g/mol. The first-order valence-electron chi connectivity index (χ1n) is 9.61. The van der Waals surface area contributed by atoms with Crippen LogP contribution in [0.25, 0.3) is 0 Å². The maximum Gasteiger partial charge on any atom is 0.142 e. The fraction of sp³-hybridized carbons (Fsp3) is 0.700. The van der Waals surface area contributed by atoms with Gasteiger partial charge in [-0.3, -0.25) is 0 Å². The van der Waals surface area contributed by atoms with Crippen molar-refractivity contribution in [2.24, 2.45) is 0 Å². The highest BCUT2D eigenvalue weighted by atomic mass is 16.5. The van der Waals surface area contributed by atoms with E-state index in [0.29, 0.717) is 6.04 Å². The molecule has 1 aromatic rings. The molecular weight excluding hydrogens is 284 g/mol. The third-order valence-corrected chi connectivity index (χ3v) is 5.27. The molecule has 0 radical (unpaired) electrons. The van der Waals surface area contributed by atoms with Crippen molar-refractivity contribution >= 4 is 5.69 Å². The van der Waals surface area contributed by atoms with Crippen molar-refractivity contribution in [2.45, 2.75) is 76.8 Å². The first-order chi connectivity index (χ1) is 11.3. The lowest BCUT2D eigenvalue weighted by atomic mass is 9.94. The van der Waals surface area contributed by atoms with Crippen LogP contribution < -0.4 is 15.4 Å². The van der Waals surface area contributed by atoms with E-state index in [-0.39, 0.29) is 0 Å². The largest absolute Gasteiger partial charge is 0.490 e. The number of nitrogens with one attached hydrogen (secondary N) is 2. The zero-order chi connectivity index (χ0) is 15.9. The molecular formula is C20H32N2O. The highest BCUT2D eigenvalue weighted by Crippen LogP contribution is 2.28. The van der Waals surface area contributed by atoms with Gasteiger partial charge in [0.1, 0.15) is 12.4 Å². The highest BCUT2D eigenvalue weighted by molar-refractivity contribution is 5.59. The molecule has 1 aromatic carbocycles. The second-order valence-electron chi connectivity index (χ2n) is 7.12. The lowest BCUT2D eigenvalue weighted by Crippen LogP contribution is -2.39. The molecule has 0 bridgehead atoms. The van der Waals surface area contributed by atoms with Crippen molar-refractivity contribution in [1.29, 1.82) is 0 Å². The van der Waals surface area contributed by atoms with Gasteiger partial charge in [0.2, 0.25) is 0 Å². The van der Waals surface area contributed by atoms with Gasteiger partial charge < -0.3 is 15.4 Å². The minimum absolute atomic E-state index is 0.585. The van der Waals surface area contributed by atoms with Crippen molar-refractivity contribution in [2.75, 3.05) is 18.5 Å². The van der Waals surface area contributed by atoms with E-state index in [1.165, 1.54) is 56.9 Å². The van der Waals surface area contributed by atoms with Crippen LogP contribution in [0, 0.1) is 0 Å². The monoisotopic (exact) mass is 316 g/mol. The molecule has 1 saturated carbocycles. The van der Waals surface area contributed by atoms with E-state index in [2.05, 4.69) is 35.8 Å². The third kappa shape index (κ3) is 4.87. The minimum Gasteiger partial charge on any atom is -0.490 e. The summed E-state index contributed by atoms with van der Waals surface area (Å²) in [4.78, 5) is 0. The molecule has 2 N–H and O–H groups in total. The molecule has 3 rings (SSSR count). The topological polar surface area (TPSA) is 33.3 Å². The predicted molar refractivity (Wildman–Crippen MR) is 97.5 cm³/mol. The number of benzene rings is 1. The summed E-state index contributed by atoms with van der Waals surface area (Å²) in [5.74, 6) is 1.00. The summed E-state index contributed by atoms with van der Waals surface area (Å²) in [6.45, 7) is 3.99. The van der Waals surface area contributed by atoms with E-state index in [1.54, 1.807) is 0 Å². The molecule has 128 valence electrons. The molecule has 1 fully saturated rings. The van der Waals surface area contributed by atoms with Crippen LogP contribution in [0.3, 0.4) is 0 Å². The Morgan fingerprint density at radius 3 is 2.74 bits per heavy atom. The standard InChI is InChI=1S/C20H32N2O/c1-2-17(22-18-8-6-4-3-5-7-9-18)14-16-10-11-20-19(15-16)21-12-13-23-20/h10-11,15,17-18,21-22H,2-9,12-14H2,1H3. The average Bonchev–Trinajstić information content (AvgIpc) is 2.56. The van der Waals surface area contributed by atoms with Gasteiger partial charge in [-0.05, 0) is 43.4 Å². The van der Waals surface area contributed by atoms with Crippen molar-refractivity contribution in [1.82, 2.24) is 5.32 Å². The van der Waals surface area contributed by atoms with E-state index in [4.69, 9.17) is 4.74 Å². The molecule has 1 unspecified atom stereocenters. The lowest BCUT2D eigenvalue weighted by Gasteiger charge is -2.27. The maximum absolute atomic E-state index is 5.68. The smallest absolute Gasteiger partial charge is 0.142 e. The Bertz CT molecular complexity index is 481. The number of fused-ring (bicyclic) bond motifs is 1. The first kappa shape index (κ1) is 16.6. The number of anilines is 1. The highest BCUT2D eigenvalue weighted by Gasteiger charge is 2.17. The SMILES string of the molecule is CCC(Cc1ccc2c(c1)NCCO2)NC1CCCCCCC1. The number of hydrogen-bond donors (Lipinski definition) is 2. The molecule has 1 aliphatic carbocycles. The summed E-state index contributed by atoms with van der Waals surface area (Å²) in [5, 5.41) is 7.40. The van der Waals surface area contributed by atoms with Crippen LogP contribution in [0.4, 0.5) is 5.69 Å². The lowest BCUT2D eigenvalue weighted by molar-refractivity contribution is 0.323. The molecule has 3 heteroatoms. The normalized spacial score (nSPS) is 20.6. The molecule has 0 spiro atoms. The number of rotatable bonds is 5. The van der Waals surface area contributed by atoms with Crippen molar-refractivity contribution in [3.63, 3.8) is 0 Å². The molecule has 1 heterocycles. The van der Waals surface area contributed by atoms with Gasteiger partial charge >= 0.3 is 0 Å². The quantitative estimate of drug-likeness (QED) is 0.838. The van der Waals surface area contributed by atoms with Gasteiger partial charge in [-0.1, -0.05) is 45.1 Å². The zero-order valence-corrected chi connectivity index (χ0v) is 14.6. The second kappa shape index (κ2) is 8.58. The molecule has 0 saturated heterocycles. The van der Waals surface area contributed by atoms with Crippen LogP contribution in [0.2, 0.25) is 0 Å². The molecule has 1 aliphatic heterocycles. The molecule has 3 nitrogen and oxygen atoms in total. The second-order valence-corrected chi connectivity index (χ2v) is 7.12. The molecule has 1 atom stereocenters. The first-order valence-corrected chi connectivity index (χ1v) is 9.61. The fourth-order valence-corrected chi connectivity index (χ4v) is 3.88. The molecule has 23 heavy (non-hydrogen) atoms. The van der Waals surface area contributed by atoms with Gasteiger partial charge in [0, 0.05) is 18.6 Å². The Morgan fingerprint density at radius 2 is 1.96 bits per heavy atom.